The molecule has 2 aliphatic heterocycles. The van der Waals surface area contributed by atoms with Crippen LogP contribution in [0.2, 0.25) is 0 Å². The number of amides is 1. The lowest BCUT2D eigenvalue weighted by atomic mass is 9.92. The molecule has 2 fully saturated rings. The molecule has 0 aliphatic carbocycles. The summed E-state index contributed by atoms with van der Waals surface area (Å²) >= 11 is 0. The van der Waals surface area contributed by atoms with Crippen LogP contribution in [0.4, 0.5) is 23.2 Å². The summed E-state index contributed by atoms with van der Waals surface area (Å²) < 4.78 is 98.4. The van der Waals surface area contributed by atoms with Crippen molar-refractivity contribution >= 4 is 33.7 Å². The number of rotatable bonds is 8. The maximum atomic E-state index is 12.6. The molecule has 0 saturated carbocycles. The molecule has 0 spiro atoms. The monoisotopic (exact) mass is 763 g/mol. The molecule has 5 rings (SSSR count). The number of hydrogen-bond donors (Lipinski definition) is 0. The minimum Gasteiger partial charge on any atom is -0.458 e. The van der Waals surface area contributed by atoms with Gasteiger partial charge in [0.25, 0.3) is 0 Å². The Balaban J connectivity index is 0.000000376. The molecule has 53 heavy (non-hydrogen) atoms. The van der Waals surface area contributed by atoms with E-state index in [4.69, 9.17) is 18.9 Å². The minimum atomic E-state index is -5.80. The largest absolute Gasteiger partial charge is 0.534 e. The van der Waals surface area contributed by atoms with Crippen LogP contribution in [-0.2, 0) is 43.4 Å². The van der Waals surface area contributed by atoms with E-state index < -0.39 is 38.7 Å². The summed E-state index contributed by atoms with van der Waals surface area (Å²) in [6.07, 6.45) is 0.616. The molecule has 2 saturated heterocycles. The van der Waals surface area contributed by atoms with Gasteiger partial charge in [-0.2, -0.15) is 21.6 Å². The zero-order chi connectivity index (χ0) is 39.2. The van der Waals surface area contributed by atoms with Crippen molar-refractivity contribution in [1.29, 1.82) is 0 Å². The number of ether oxygens (including phenoxy) is 4. The summed E-state index contributed by atoms with van der Waals surface area (Å²) in [5.41, 5.74) is -4.24. The predicted molar refractivity (Wildman–Crippen MR) is 182 cm³/mol. The van der Waals surface area contributed by atoms with E-state index in [1.165, 1.54) is 43.0 Å². The van der Waals surface area contributed by atoms with E-state index in [9.17, 15) is 40.4 Å². The third-order valence-electron chi connectivity index (χ3n) is 7.85. The molecule has 0 bridgehead atoms. The Morgan fingerprint density at radius 1 is 0.943 bits per heavy atom. The summed E-state index contributed by atoms with van der Waals surface area (Å²) in [6, 6.07) is 17.3. The lowest BCUT2D eigenvalue weighted by Crippen LogP contribution is -2.52. The first-order valence-corrected chi connectivity index (χ1v) is 17.6. The van der Waals surface area contributed by atoms with Crippen LogP contribution in [-0.4, -0.2) is 56.4 Å². The molecule has 0 N–H and O–H groups in total. The van der Waals surface area contributed by atoms with Crippen LogP contribution < -0.4 is 9.08 Å². The number of anilines is 1. The van der Waals surface area contributed by atoms with Gasteiger partial charge in [0.15, 0.2) is 5.79 Å². The molecule has 2 heterocycles. The van der Waals surface area contributed by atoms with Gasteiger partial charge in [0.1, 0.15) is 30.9 Å². The lowest BCUT2D eigenvalue weighted by molar-refractivity contribution is -0.291. The second kappa shape index (κ2) is 16.4. The predicted octanol–water partition coefficient (Wildman–Crippen LogP) is 6.67. The zero-order valence-corrected chi connectivity index (χ0v) is 30.2. The van der Waals surface area contributed by atoms with E-state index in [0.717, 1.165) is 23.3 Å². The maximum absolute atomic E-state index is 12.6. The third kappa shape index (κ3) is 10.8. The Morgan fingerprint density at radius 3 is 2.02 bits per heavy atom. The molecular formula is C37H37F4NO10S. The summed E-state index contributed by atoms with van der Waals surface area (Å²) in [4.78, 5) is 36.2. The molecule has 284 valence electrons. The molecule has 3 aromatic rings. The number of alkyl halides is 3. The van der Waals surface area contributed by atoms with Gasteiger partial charge in [0, 0.05) is 25.1 Å². The van der Waals surface area contributed by atoms with Gasteiger partial charge in [-0.1, -0.05) is 37.1 Å². The average Bonchev–Trinajstić information content (AvgIpc) is 3.07. The van der Waals surface area contributed by atoms with Crippen molar-refractivity contribution in [3.05, 3.63) is 95.3 Å². The summed E-state index contributed by atoms with van der Waals surface area (Å²) in [5.74, 6) is 3.19. The van der Waals surface area contributed by atoms with Crippen molar-refractivity contribution in [2.75, 3.05) is 18.1 Å². The Kier molecular flexibility index (Phi) is 12.6. The second-order valence-corrected chi connectivity index (χ2v) is 14.0. The van der Waals surface area contributed by atoms with Gasteiger partial charge in [0.05, 0.1) is 12.5 Å². The van der Waals surface area contributed by atoms with Gasteiger partial charge in [0.2, 0.25) is 11.5 Å². The van der Waals surface area contributed by atoms with Crippen LogP contribution in [0.3, 0.4) is 0 Å². The molecule has 16 heteroatoms. The van der Waals surface area contributed by atoms with Crippen LogP contribution in [0.15, 0.2) is 72.8 Å². The highest BCUT2D eigenvalue weighted by molar-refractivity contribution is 7.88. The van der Waals surface area contributed by atoms with Gasteiger partial charge in [-0.3, -0.25) is 14.4 Å². The van der Waals surface area contributed by atoms with E-state index >= 15 is 0 Å². The Labute approximate surface area is 304 Å². The number of nitrogens with zero attached hydrogens (tertiary/aromatic N) is 1. The number of benzene rings is 3. The molecule has 0 radical (unpaired) electrons. The van der Waals surface area contributed by atoms with Crippen molar-refractivity contribution in [1.82, 2.24) is 0 Å². The molecule has 11 nitrogen and oxygen atoms in total. The normalized spacial score (nSPS) is 18.2. The third-order valence-corrected chi connectivity index (χ3v) is 8.83. The smallest absolute Gasteiger partial charge is 0.458 e. The Morgan fingerprint density at radius 2 is 1.53 bits per heavy atom. The lowest BCUT2D eigenvalue weighted by Gasteiger charge is -2.40. The van der Waals surface area contributed by atoms with E-state index in [0.29, 0.717) is 17.7 Å². The van der Waals surface area contributed by atoms with Gasteiger partial charge in [-0.25, -0.2) is 4.39 Å². The molecule has 3 aromatic carbocycles. The van der Waals surface area contributed by atoms with E-state index in [-0.39, 0.29) is 49.5 Å². The maximum Gasteiger partial charge on any atom is 0.534 e. The average molecular weight is 764 g/mol. The number of β-lactam (4-membered cyclic amide) rings is 1. The molecule has 2 aliphatic rings. The first kappa shape index (κ1) is 40.8. The second-order valence-electron chi connectivity index (χ2n) is 12.5. The zero-order valence-electron chi connectivity index (χ0n) is 29.4. The fraction of sp³-hybridized carbons (Fsp3) is 0.378. The van der Waals surface area contributed by atoms with Gasteiger partial charge >= 0.3 is 27.6 Å². The molecule has 1 amide bonds. The quantitative estimate of drug-likeness (QED) is 0.0612. The van der Waals surface area contributed by atoms with Crippen LogP contribution in [0.5, 0.6) is 5.75 Å². The molecular weight excluding hydrogens is 726 g/mol. The van der Waals surface area contributed by atoms with Gasteiger partial charge in [-0.15, -0.1) is 0 Å². The highest BCUT2D eigenvalue weighted by Crippen LogP contribution is 2.40. The fourth-order valence-corrected chi connectivity index (χ4v) is 5.64. The molecule has 2 atom stereocenters. The first-order valence-electron chi connectivity index (χ1n) is 16.2. The Hall–Kier alpha value is -4.98. The summed E-state index contributed by atoms with van der Waals surface area (Å²) in [6.45, 7) is 8.11. The molecule has 0 aromatic heterocycles. The van der Waals surface area contributed by atoms with E-state index in [2.05, 4.69) is 16.0 Å². The minimum absolute atomic E-state index is 0.0375. The highest BCUT2D eigenvalue weighted by Gasteiger charge is 2.48. The molecule has 2 unspecified atom stereocenters. The van der Waals surface area contributed by atoms with Crippen molar-refractivity contribution in [3.63, 3.8) is 0 Å². The van der Waals surface area contributed by atoms with Gasteiger partial charge < -0.3 is 28.0 Å². The van der Waals surface area contributed by atoms with Crippen molar-refractivity contribution in [2.45, 2.75) is 76.5 Å². The van der Waals surface area contributed by atoms with E-state index in [1.807, 2.05) is 6.92 Å². The van der Waals surface area contributed by atoms with Crippen LogP contribution >= 0.6 is 0 Å². The number of esters is 2. The van der Waals surface area contributed by atoms with Crippen molar-refractivity contribution in [3.8, 4) is 17.6 Å². The van der Waals surface area contributed by atoms with Crippen LogP contribution in [0, 0.1) is 17.7 Å². The Bertz CT molecular complexity index is 1940. The highest BCUT2D eigenvalue weighted by atomic mass is 32.2. The number of carbonyl (C=O) groups excluding carboxylic acids is 3. The van der Waals surface area contributed by atoms with Crippen molar-refractivity contribution in [2.24, 2.45) is 0 Å². The van der Waals surface area contributed by atoms with Crippen molar-refractivity contribution < 1.29 is 63.5 Å². The first-order chi connectivity index (χ1) is 24.7. The number of hydrogen-bond acceptors (Lipinski definition) is 10. The van der Waals surface area contributed by atoms with Crippen LogP contribution in [0.25, 0.3) is 0 Å². The SMILES string of the molecule is CC(=O)OC1(C#Cc2ccc(C3CC(=O)N3c3ccc(OS(=O)(=O)C(F)(F)F)cc3)cc2)COC(C)(C)OC1.CCC(OC(C)=O)c1ccc(F)cc1. The van der Waals surface area contributed by atoms with Gasteiger partial charge in [-0.05, 0) is 85.8 Å². The van der Waals surface area contributed by atoms with E-state index in [1.54, 1.807) is 50.2 Å². The number of halogens is 4. The fourth-order valence-electron chi connectivity index (χ4n) is 5.18. The van der Waals surface area contributed by atoms with Crippen LogP contribution in [0.1, 0.15) is 76.3 Å². The summed E-state index contributed by atoms with van der Waals surface area (Å²) in [7, 11) is -5.80. The number of carbonyl (C=O) groups is 3. The summed E-state index contributed by atoms with van der Waals surface area (Å²) in [5, 5.41) is 0. The standard InChI is InChI=1S/C26H24F3NO8S.C11H13FO2/c1-17(31)37-25(15-35-24(2,3)36-16-25)13-12-18-4-6-19(7-5-18)22-14-23(32)30(22)20-8-10-21(11-9-20)38-39(33,34)26(27,28)29;1-3-11(14-8(2)13)9-4-6-10(12)7-5-9/h4-11,22H,14-16H2,1-3H3;4-7,11H,3H2,1-2H3. The topological polar surface area (TPSA) is 135 Å².